The number of carbonyl (C=O) groups is 2. The summed E-state index contributed by atoms with van der Waals surface area (Å²) in [6.45, 7) is 15.3. The fourth-order valence-electron chi connectivity index (χ4n) is 0.405. The highest BCUT2D eigenvalue weighted by Gasteiger charge is 2.11. The second-order valence-corrected chi connectivity index (χ2v) is 2.69. The van der Waals surface area contributed by atoms with Crippen LogP contribution in [0.25, 0.3) is 0 Å². The van der Waals surface area contributed by atoms with Crippen molar-refractivity contribution in [2.24, 2.45) is 0 Å². The molecule has 0 spiro atoms. The van der Waals surface area contributed by atoms with Gasteiger partial charge in [0.25, 0.3) is 0 Å². The lowest BCUT2D eigenvalue weighted by atomic mass is 10.3. The maximum atomic E-state index is 10.6. The van der Waals surface area contributed by atoms with Gasteiger partial charge in [-0.3, -0.25) is 9.59 Å². The minimum absolute atomic E-state index is 0.241. The Morgan fingerprint density at radius 2 is 1.35 bits per heavy atom. The largest absolute Gasteiger partial charge is 0.480 e. The maximum Gasteiger partial charge on any atom is 0.325 e. The van der Waals surface area contributed by atoms with Crippen LogP contribution in [0, 0.1) is 0 Å². The van der Waals surface area contributed by atoms with Gasteiger partial charge in [0.05, 0.1) is 0 Å². The van der Waals surface area contributed by atoms with Gasteiger partial charge in [-0.15, -0.1) is 0 Å². The molecule has 0 rings (SSSR count). The van der Waals surface area contributed by atoms with Crippen LogP contribution in [0.5, 0.6) is 0 Å². The van der Waals surface area contributed by atoms with Gasteiger partial charge in [0.15, 0.2) is 0 Å². The highest BCUT2D eigenvalue weighted by molar-refractivity contribution is 5.82. The van der Waals surface area contributed by atoms with Crippen molar-refractivity contribution in [1.29, 1.82) is 0 Å². The Kier molecular flexibility index (Phi) is 35.6. The molecule has 0 bridgehead atoms. The van der Waals surface area contributed by atoms with E-state index in [1.807, 2.05) is 27.7 Å². The molecule has 0 fully saturated rings. The highest BCUT2D eigenvalue weighted by Crippen LogP contribution is 1.82. The molecule has 0 aliphatic carbocycles. The molecule has 4 nitrogen and oxygen atoms in total. The molecule has 106 valence electrons. The standard InChI is InChI=1S/C6H11NO3.C3H8.2C2H6/c1-3-5(8)7-4(2)6(9)10;1-3-2;2*1-2/h4H,3H2,1-2H3,(H,7,8)(H,9,10);3H2,1-2H3;2*1-2H3. The summed E-state index contributed by atoms with van der Waals surface area (Å²) in [4.78, 5) is 20.7. The molecule has 1 amide bonds. The van der Waals surface area contributed by atoms with E-state index in [1.165, 1.54) is 13.3 Å². The van der Waals surface area contributed by atoms with Gasteiger partial charge in [0, 0.05) is 6.42 Å². The molecule has 0 aromatic heterocycles. The van der Waals surface area contributed by atoms with E-state index >= 15 is 0 Å². The molecule has 1 unspecified atom stereocenters. The zero-order valence-electron chi connectivity index (χ0n) is 12.8. The van der Waals surface area contributed by atoms with Crippen LogP contribution in [0.1, 0.15) is 68.2 Å². The maximum absolute atomic E-state index is 10.6. The summed E-state index contributed by atoms with van der Waals surface area (Å²) < 4.78 is 0. The number of carboxylic acids is 1. The summed E-state index contributed by atoms with van der Waals surface area (Å²) in [7, 11) is 0. The minimum atomic E-state index is -1.01. The lowest BCUT2D eigenvalue weighted by molar-refractivity contribution is -0.141. The average molecular weight is 249 g/mol. The quantitative estimate of drug-likeness (QED) is 0.805. The zero-order chi connectivity index (χ0) is 14.9. The summed E-state index contributed by atoms with van der Waals surface area (Å²) in [5.41, 5.74) is 0. The molecular weight excluding hydrogens is 218 g/mol. The van der Waals surface area contributed by atoms with Crippen LogP contribution in [0.2, 0.25) is 0 Å². The van der Waals surface area contributed by atoms with Crippen molar-refractivity contribution in [2.45, 2.75) is 74.3 Å². The summed E-state index contributed by atoms with van der Waals surface area (Å²) in [6, 6.07) is -0.785. The topological polar surface area (TPSA) is 66.4 Å². The second kappa shape index (κ2) is 24.3. The summed E-state index contributed by atoms with van der Waals surface area (Å²) >= 11 is 0. The SMILES string of the molecule is CC.CC.CCC.CCC(=O)NC(C)C(=O)O. The summed E-state index contributed by atoms with van der Waals surface area (Å²) in [6.07, 6.45) is 1.57. The van der Waals surface area contributed by atoms with E-state index in [2.05, 4.69) is 19.2 Å². The highest BCUT2D eigenvalue weighted by atomic mass is 16.4. The van der Waals surface area contributed by atoms with Gasteiger partial charge < -0.3 is 10.4 Å². The van der Waals surface area contributed by atoms with Crippen LogP contribution in [0.4, 0.5) is 0 Å². The third-order valence-corrected chi connectivity index (χ3v) is 1.07. The van der Waals surface area contributed by atoms with Crippen molar-refractivity contribution < 1.29 is 14.7 Å². The molecule has 4 heteroatoms. The Bertz CT molecular complexity index is 159. The van der Waals surface area contributed by atoms with Crippen LogP contribution in [-0.4, -0.2) is 23.0 Å². The van der Waals surface area contributed by atoms with Gasteiger partial charge >= 0.3 is 5.97 Å². The number of hydrogen-bond acceptors (Lipinski definition) is 2. The Balaban J connectivity index is -0.000000102. The van der Waals surface area contributed by atoms with Crippen molar-refractivity contribution in [3.05, 3.63) is 0 Å². The first-order chi connectivity index (χ1) is 7.99. The molecule has 2 N–H and O–H groups in total. The first-order valence-electron chi connectivity index (χ1n) is 6.51. The Hall–Kier alpha value is -1.06. The fourth-order valence-corrected chi connectivity index (χ4v) is 0.405. The molecule has 0 saturated heterocycles. The van der Waals surface area contributed by atoms with Crippen molar-refractivity contribution in [2.75, 3.05) is 0 Å². The van der Waals surface area contributed by atoms with Crippen LogP contribution in [-0.2, 0) is 9.59 Å². The van der Waals surface area contributed by atoms with Crippen LogP contribution >= 0.6 is 0 Å². The van der Waals surface area contributed by atoms with E-state index in [1.54, 1.807) is 6.92 Å². The molecule has 0 heterocycles. The number of rotatable bonds is 3. The van der Waals surface area contributed by atoms with E-state index in [-0.39, 0.29) is 5.91 Å². The first kappa shape index (κ1) is 25.0. The molecule has 0 aromatic rings. The summed E-state index contributed by atoms with van der Waals surface area (Å²) in [5, 5.41) is 10.6. The lowest BCUT2D eigenvalue weighted by Gasteiger charge is -2.06. The van der Waals surface area contributed by atoms with Crippen molar-refractivity contribution in [1.82, 2.24) is 5.32 Å². The predicted molar refractivity (Wildman–Crippen MR) is 74.2 cm³/mol. The van der Waals surface area contributed by atoms with E-state index in [0.717, 1.165) is 0 Å². The summed E-state index contributed by atoms with van der Waals surface area (Å²) in [5.74, 6) is -1.25. The van der Waals surface area contributed by atoms with Crippen LogP contribution < -0.4 is 5.32 Å². The number of amides is 1. The van der Waals surface area contributed by atoms with Gasteiger partial charge in [0.2, 0.25) is 5.91 Å². The van der Waals surface area contributed by atoms with Gasteiger partial charge in [-0.1, -0.05) is 54.9 Å². The molecule has 17 heavy (non-hydrogen) atoms. The van der Waals surface area contributed by atoms with Gasteiger partial charge in [-0.25, -0.2) is 0 Å². The molecular formula is C13H31NO3. The monoisotopic (exact) mass is 249 g/mol. The third kappa shape index (κ3) is 31.3. The number of nitrogens with one attached hydrogen (secondary N) is 1. The van der Waals surface area contributed by atoms with E-state index in [9.17, 15) is 9.59 Å². The Morgan fingerprint density at radius 1 is 1.06 bits per heavy atom. The second-order valence-electron chi connectivity index (χ2n) is 2.69. The molecule has 1 atom stereocenters. The Morgan fingerprint density at radius 3 is 1.53 bits per heavy atom. The zero-order valence-corrected chi connectivity index (χ0v) is 12.8. The molecule has 0 aromatic carbocycles. The smallest absolute Gasteiger partial charge is 0.325 e. The van der Waals surface area contributed by atoms with E-state index in [0.29, 0.717) is 6.42 Å². The van der Waals surface area contributed by atoms with Crippen LogP contribution in [0.3, 0.4) is 0 Å². The Labute approximate surface area is 107 Å². The number of aliphatic carboxylic acids is 1. The first-order valence-corrected chi connectivity index (χ1v) is 6.51. The number of carboxylic acid groups (broad SMARTS) is 1. The van der Waals surface area contributed by atoms with Gasteiger partial charge in [-0.05, 0) is 6.92 Å². The molecule has 0 aliphatic heterocycles. The predicted octanol–water partition coefficient (Wildman–Crippen LogP) is 3.45. The lowest BCUT2D eigenvalue weighted by Crippen LogP contribution is -2.37. The molecule has 0 radical (unpaired) electrons. The van der Waals surface area contributed by atoms with E-state index < -0.39 is 12.0 Å². The van der Waals surface area contributed by atoms with E-state index in [4.69, 9.17) is 5.11 Å². The minimum Gasteiger partial charge on any atom is -0.480 e. The molecule has 0 aliphatic rings. The van der Waals surface area contributed by atoms with Crippen LogP contribution in [0.15, 0.2) is 0 Å². The van der Waals surface area contributed by atoms with Gasteiger partial charge in [0.1, 0.15) is 6.04 Å². The fraction of sp³-hybridized carbons (Fsp3) is 0.846. The average Bonchev–Trinajstić information content (AvgIpc) is 2.34. The number of hydrogen-bond donors (Lipinski definition) is 2. The number of carbonyl (C=O) groups excluding carboxylic acids is 1. The van der Waals surface area contributed by atoms with Crippen molar-refractivity contribution in [3.63, 3.8) is 0 Å². The molecule has 0 saturated carbocycles. The van der Waals surface area contributed by atoms with Crippen molar-refractivity contribution in [3.8, 4) is 0 Å². The normalized spacial score (nSPS) is 8.94. The third-order valence-electron chi connectivity index (χ3n) is 1.07. The van der Waals surface area contributed by atoms with Crippen molar-refractivity contribution >= 4 is 11.9 Å². The van der Waals surface area contributed by atoms with Gasteiger partial charge in [-0.2, -0.15) is 0 Å².